The highest BCUT2D eigenvalue weighted by atomic mass is 19.1. The lowest BCUT2D eigenvalue weighted by Gasteiger charge is -2.42. The summed E-state index contributed by atoms with van der Waals surface area (Å²) in [6, 6.07) is 3.21. The number of likely N-dealkylation sites (tertiary alicyclic amines) is 1. The summed E-state index contributed by atoms with van der Waals surface area (Å²) >= 11 is 0. The van der Waals surface area contributed by atoms with E-state index < -0.39 is 11.4 Å². The molecule has 2 saturated heterocycles. The molecule has 1 aromatic heterocycles. The Morgan fingerprint density at radius 2 is 2.00 bits per heavy atom. The smallest absolute Gasteiger partial charge is 0.410 e. The third kappa shape index (κ3) is 3.01. The molecule has 2 aliphatic rings. The third-order valence-corrected chi connectivity index (χ3v) is 4.37. The van der Waals surface area contributed by atoms with Gasteiger partial charge in [-0.25, -0.2) is 14.2 Å². The Bertz CT molecular complexity index is 681. The van der Waals surface area contributed by atoms with Crippen LogP contribution in [-0.2, 0) is 4.74 Å². The normalized spacial score (nSPS) is 23.1. The first-order valence-corrected chi connectivity index (χ1v) is 8.11. The molecular weight excluding hydrogens is 311 g/mol. The molecule has 6 nitrogen and oxygen atoms in total. The van der Waals surface area contributed by atoms with Crippen LogP contribution < -0.4 is 4.90 Å². The van der Waals surface area contributed by atoms with Gasteiger partial charge in [-0.05, 0) is 39.7 Å². The highest BCUT2D eigenvalue weighted by molar-refractivity contribution is 5.69. The Kier molecular flexibility index (Phi) is 4.08. The molecule has 3 heterocycles. The summed E-state index contributed by atoms with van der Waals surface area (Å²) in [6.45, 7) is 6.46. The zero-order valence-corrected chi connectivity index (χ0v) is 14.1. The third-order valence-electron chi connectivity index (χ3n) is 4.37. The molecule has 2 atom stereocenters. The molecule has 2 fully saturated rings. The van der Waals surface area contributed by atoms with Crippen molar-refractivity contribution in [3.05, 3.63) is 23.6 Å². The fourth-order valence-corrected chi connectivity index (χ4v) is 3.42. The second kappa shape index (κ2) is 5.93. The summed E-state index contributed by atoms with van der Waals surface area (Å²) < 4.78 is 19.9. The molecule has 0 spiro atoms. The average molecular weight is 332 g/mol. The molecule has 0 aliphatic carbocycles. The minimum Gasteiger partial charge on any atom is -0.444 e. The van der Waals surface area contributed by atoms with Gasteiger partial charge in [0.1, 0.15) is 11.7 Å². The first-order chi connectivity index (χ1) is 11.3. The quantitative estimate of drug-likeness (QED) is 0.791. The molecule has 2 bridgehead atoms. The van der Waals surface area contributed by atoms with E-state index in [2.05, 4.69) is 4.98 Å². The molecule has 0 N–H and O–H groups in total. The largest absolute Gasteiger partial charge is 0.444 e. The van der Waals surface area contributed by atoms with Crippen molar-refractivity contribution in [1.82, 2.24) is 9.88 Å². The van der Waals surface area contributed by atoms with E-state index in [0.29, 0.717) is 13.1 Å². The molecular formula is C17H21FN4O2. The van der Waals surface area contributed by atoms with Crippen molar-refractivity contribution in [3.63, 3.8) is 0 Å². The predicted molar refractivity (Wildman–Crippen MR) is 86.0 cm³/mol. The summed E-state index contributed by atoms with van der Waals surface area (Å²) in [4.78, 5) is 20.1. The minimum atomic E-state index is -0.581. The first kappa shape index (κ1) is 16.5. The van der Waals surface area contributed by atoms with Gasteiger partial charge < -0.3 is 14.5 Å². The number of amides is 1. The van der Waals surface area contributed by atoms with Crippen LogP contribution in [0.15, 0.2) is 12.3 Å². The van der Waals surface area contributed by atoms with Crippen LogP contribution in [0.5, 0.6) is 0 Å². The number of ether oxygens (including phenoxy) is 1. The molecule has 24 heavy (non-hydrogen) atoms. The van der Waals surface area contributed by atoms with Crippen molar-refractivity contribution < 1.29 is 13.9 Å². The van der Waals surface area contributed by atoms with E-state index >= 15 is 0 Å². The fourth-order valence-electron chi connectivity index (χ4n) is 3.42. The van der Waals surface area contributed by atoms with Crippen LogP contribution in [0.25, 0.3) is 0 Å². The molecule has 0 radical (unpaired) electrons. The second-order valence-electron chi connectivity index (χ2n) is 7.29. The van der Waals surface area contributed by atoms with Crippen molar-refractivity contribution >= 4 is 11.9 Å². The molecule has 2 aliphatic heterocycles. The van der Waals surface area contributed by atoms with Crippen LogP contribution in [0.4, 0.5) is 15.0 Å². The number of fused-ring (bicyclic) bond motifs is 2. The van der Waals surface area contributed by atoms with Gasteiger partial charge in [0.25, 0.3) is 0 Å². The number of hydrogen-bond acceptors (Lipinski definition) is 5. The summed E-state index contributed by atoms with van der Waals surface area (Å²) in [5.41, 5.74) is -0.545. The number of aromatic nitrogens is 1. The maximum Gasteiger partial charge on any atom is 0.410 e. The van der Waals surface area contributed by atoms with Gasteiger partial charge in [-0.2, -0.15) is 5.26 Å². The lowest BCUT2D eigenvalue weighted by molar-refractivity contribution is 0.0209. The van der Waals surface area contributed by atoms with Gasteiger partial charge in [-0.15, -0.1) is 0 Å². The first-order valence-electron chi connectivity index (χ1n) is 8.11. The molecule has 1 amide bonds. The second-order valence-corrected chi connectivity index (χ2v) is 7.29. The monoisotopic (exact) mass is 332 g/mol. The molecule has 1 aromatic rings. The van der Waals surface area contributed by atoms with E-state index in [9.17, 15) is 9.18 Å². The summed E-state index contributed by atoms with van der Waals surface area (Å²) in [6.07, 6.45) is 2.85. The number of rotatable bonds is 1. The number of nitrogens with zero attached hydrogens (tertiary/aromatic N) is 4. The lowest BCUT2D eigenvalue weighted by Crippen LogP contribution is -2.56. The summed E-state index contributed by atoms with van der Waals surface area (Å²) in [5.74, 6) is -0.368. The van der Waals surface area contributed by atoms with Crippen molar-refractivity contribution in [2.45, 2.75) is 51.3 Å². The number of hydrogen-bond donors (Lipinski definition) is 0. The summed E-state index contributed by atoms with van der Waals surface area (Å²) in [5, 5.41) is 9.01. The van der Waals surface area contributed by atoms with E-state index in [1.807, 2.05) is 31.7 Å². The van der Waals surface area contributed by atoms with Crippen molar-refractivity contribution in [2.75, 3.05) is 18.0 Å². The van der Waals surface area contributed by atoms with Gasteiger partial charge in [-0.3, -0.25) is 0 Å². The Hall–Kier alpha value is -2.36. The van der Waals surface area contributed by atoms with Gasteiger partial charge >= 0.3 is 6.09 Å². The lowest BCUT2D eigenvalue weighted by atomic mass is 10.1. The molecule has 0 aromatic carbocycles. The van der Waals surface area contributed by atoms with E-state index in [1.54, 1.807) is 4.90 Å². The predicted octanol–water partition coefficient (Wildman–Crippen LogP) is 2.68. The standard InChI is InChI=1S/C17H21FN4O2/c1-17(2,3)24-16(23)21-9-12-4-5-13(10-21)22(12)15-14(18)11(8-19)6-7-20-15/h6-7,12-13H,4-5,9-10H2,1-3H3. The van der Waals surface area contributed by atoms with Crippen LogP contribution in [0.2, 0.25) is 0 Å². The van der Waals surface area contributed by atoms with Gasteiger partial charge in [0.15, 0.2) is 11.6 Å². The number of piperazine rings is 1. The van der Waals surface area contributed by atoms with E-state index in [0.717, 1.165) is 12.8 Å². The number of carbonyl (C=O) groups excluding carboxylic acids is 1. The number of pyridine rings is 1. The number of nitriles is 1. The van der Waals surface area contributed by atoms with Crippen LogP contribution >= 0.6 is 0 Å². The Morgan fingerprint density at radius 3 is 2.54 bits per heavy atom. The van der Waals surface area contributed by atoms with Gasteiger partial charge in [-0.1, -0.05) is 0 Å². The summed E-state index contributed by atoms with van der Waals surface area (Å²) in [7, 11) is 0. The van der Waals surface area contributed by atoms with E-state index in [1.165, 1.54) is 12.3 Å². The molecule has 128 valence electrons. The van der Waals surface area contributed by atoms with Gasteiger partial charge in [0.05, 0.1) is 5.56 Å². The maximum absolute atomic E-state index is 14.5. The van der Waals surface area contributed by atoms with Crippen molar-refractivity contribution in [2.24, 2.45) is 0 Å². The molecule has 7 heteroatoms. The average Bonchev–Trinajstić information content (AvgIpc) is 2.75. The van der Waals surface area contributed by atoms with Crippen LogP contribution in [0, 0.1) is 17.1 Å². The molecule has 2 unspecified atom stereocenters. The van der Waals surface area contributed by atoms with E-state index in [4.69, 9.17) is 10.00 Å². The van der Waals surface area contributed by atoms with Crippen molar-refractivity contribution in [1.29, 1.82) is 5.26 Å². The van der Waals surface area contributed by atoms with Crippen molar-refractivity contribution in [3.8, 4) is 6.07 Å². The zero-order chi connectivity index (χ0) is 17.5. The fraction of sp³-hybridized carbons (Fsp3) is 0.588. The Balaban J connectivity index is 1.80. The minimum absolute atomic E-state index is 0.00558. The van der Waals surface area contributed by atoms with Crippen LogP contribution in [-0.4, -0.2) is 46.8 Å². The van der Waals surface area contributed by atoms with Crippen LogP contribution in [0.3, 0.4) is 0 Å². The number of carbonyl (C=O) groups is 1. The van der Waals surface area contributed by atoms with E-state index in [-0.39, 0.29) is 29.6 Å². The Morgan fingerprint density at radius 1 is 1.38 bits per heavy atom. The number of halogens is 1. The zero-order valence-electron chi connectivity index (χ0n) is 14.1. The van der Waals surface area contributed by atoms with Crippen LogP contribution in [0.1, 0.15) is 39.2 Å². The highest BCUT2D eigenvalue weighted by Crippen LogP contribution is 2.36. The number of anilines is 1. The SMILES string of the molecule is CC(C)(C)OC(=O)N1CC2CCC(C1)N2c1nccc(C#N)c1F. The topological polar surface area (TPSA) is 69.5 Å². The van der Waals surface area contributed by atoms with Gasteiger partial charge in [0.2, 0.25) is 0 Å². The highest BCUT2D eigenvalue weighted by Gasteiger charge is 2.44. The molecule has 3 rings (SSSR count). The Labute approximate surface area is 140 Å². The molecule has 0 saturated carbocycles. The maximum atomic E-state index is 14.5. The van der Waals surface area contributed by atoms with Gasteiger partial charge in [0, 0.05) is 31.4 Å².